The maximum Gasteiger partial charge on any atom is 0.0688 e. The predicted molar refractivity (Wildman–Crippen MR) is 87.5 cm³/mol. The minimum Gasteiger partial charge on any atom is -0.390 e. The first-order valence-electron chi connectivity index (χ1n) is 7.98. The fraction of sp³-hybridized carbons (Fsp3) is 0.400. The average molecular weight is 280 g/mol. The normalized spacial score (nSPS) is 25.7. The molecule has 1 N–H and O–H groups in total. The van der Waals surface area contributed by atoms with Crippen molar-refractivity contribution in [3.05, 3.63) is 71.3 Å². The van der Waals surface area contributed by atoms with Crippen molar-refractivity contribution in [2.75, 3.05) is 0 Å². The fourth-order valence-electron chi connectivity index (χ4n) is 3.48. The Morgan fingerprint density at radius 2 is 1.57 bits per heavy atom. The zero-order valence-corrected chi connectivity index (χ0v) is 12.8. The second-order valence-corrected chi connectivity index (χ2v) is 6.57. The SMILES string of the molecule is Cc1ccc(CC2(O)CCC(c3ccccc3)CC2)cc1. The third-order valence-corrected chi connectivity index (χ3v) is 4.84. The molecule has 2 aromatic carbocycles. The van der Waals surface area contributed by atoms with E-state index in [-0.39, 0.29) is 0 Å². The van der Waals surface area contributed by atoms with Crippen LogP contribution in [-0.4, -0.2) is 10.7 Å². The molecule has 0 atom stereocenters. The van der Waals surface area contributed by atoms with E-state index in [2.05, 4.69) is 61.5 Å². The van der Waals surface area contributed by atoms with Gasteiger partial charge in [0.05, 0.1) is 5.60 Å². The van der Waals surface area contributed by atoms with E-state index in [1.807, 2.05) is 0 Å². The quantitative estimate of drug-likeness (QED) is 0.869. The van der Waals surface area contributed by atoms with Gasteiger partial charge in [-0.1, -0.05) is 60.2 Å². The molecule has 0 saturated heterocycles. The van der Waals surface area contributed by atoms with Crippen LogP contribution in [0.25, 0.3) is 0 Å². The zero-order chi connectivity index (χ0) is 14.7. The fourth-order valence-corrected chi connectivity index (χ4v) is 3.48. The van der Waals surface area contributed by atoms with Gasteiger partial charge in [0, 0.05) is 6.42 Å². The molecule has 0 radical (unpaired) electrons. The summed E-state index contributed by atoms with van der Waals surface area (Å²) in [5.41, 5.74) is 3.44. The van der Waals surface area contributed by atoms with E-state index >= 15 is 0 Å². The van der Waals surface area contributed by atoms with Crippen molar-refractivity contribution in [1.82, 2.24) is 0 Å². The smallest absolute Gasteiger partial charge is 0.0688 e. The van der Waals surface area contributed by atoms with E-state index in [4.69, 9.17) is 0 Å². The zero-order valence-electron chi connectivity index (χ0n) is 12.8. The number of benzene rings is 2. The van der Waals surface area contributed by atoms with E-state index in [0.29, 0.717) is 5.92 Å². The summed E-state index contributed by atoms with van der Waals surface area (Å²) in [6.45, 7) is 2.10. The second kappa shape index (κ2) is 6.03. The summed E-state index contributed by atoms with van der Waals surface area (Å²) in [4.78, 5) is 0. The van der Waals surface area contributed by atoms with Crippen LogP contribution in [0.1, 0.15) is 48.3 Å². The minimum atomic E-state index is -0.513. The molecule has 0 spiro atoms. The summed E-state index contributed by atoms with van der Waals surface area (Å²) in [7, 11) is 0. The molecule has 1 aliphatic carbocycles. The molecule has 1 nitrogen and oxygen atoms in total. The van der Waals surface area contributed by atoms with Gasteiger partial charge in [-0.15, -0.1) is 0 Å². The van der Waals surface area contributed by atoms with Gasteiger partial charge in [0.2, 0.25) is 0 Å². The maximum absolute atomic E-state index is 10.9. The first-order chi connectivity index (χ1) is 10.1. The Morgan fingerprint density at radius 3 is 2.19 bits per heavy atom. The van der Waals surface area contributed by atoms with E-state index in [9.17, 15) is 5.11 Å². The van der Waals surface area contributed by atoms with Gasteiger partial charge >= 0.3 is 0 Å². The largest absolute Gasteiger partial charge is 0.390 e. The highest BCUT2D eigenvalue weighted by Crippen LogP contribution is 2.39. The monoisotopic (exact) mass is 280 g/mol. The van der Waals surface area contributed by atoms with Gasteiger partial charge in [-0.3, -0.25) is 0 Å². The Hall–Kier alpha value is -1.60. The molecule has 0 heterocycles. The topological polar surface area (TPSA) is 20.2 Å². The number of hydrogen-bond acceptors (Lipinski definition) is 1. The summed E-state index contributed by atoms with van der Waals surface area (Å²) in [5.74, 6) is 0.615. The summed E-state index contributed by atoms with van der Waals surface area (Å²) in [6.07, 6.45) is 4.77. The number of hydrogen-bond donors (Lipinski definition) is 1. The van der Waals surface area contributed by atoms with Crippen molar-refractivity contribution in [2.45, 2.75) is 50.5 Å². The molecular weight excluding hydrogens is 256 g/mol. The second-order valence-electron chi connectivity index (χ2n) is 6.57. The van der Waals surface area contributed by atoms with Crippen LogP contribution in [0.2, 0.25) is 0 Å². The van der Waals surface area contributed by atoms with Crippen LogP contribution in [-0.2, 0) is 6.42 Å². The molecule has 1 saturated carbocycles. The van der Waals surface area contributed by atoms with Crippen molar-refractivity contribution in [1.29, 1.82) is 0 Å². The van der Waals surface area contributed by atoms with E-state index in [1.165, 1.54) is 16.7 Å². The highest BCUT2D eigenvalue weighted by atomic mass is 16.3. The molecule has 110 valence electrons. The molecule has 3 rings (SSSR count). The van der Waals surface area contributed by atoms with E-state index < -0.39 is 5.60 Å². The number of aliphatic hydroxyl groups is 1. The van der Waals surface area contributed by atoms with Gasteiger partial charge in [-0.05, 0) is 49.7 Å². The lowest BCUT2D eigenvalue weighted by atomic mass is 9.74. The first-order valence-corrected chi connectivity index (χ1v) is 7.98. The molecule has 0 aromatic heterocycles. The molecule has 1 aliphatic rings. The van der Waals surface area contributed by atoms with Crippen LogP contribution in [0.4, 0.5) is 0 Å². The minimum absolute atomic E-state index is 0.513. The predicted octanol–water partition coefficient (Wildman–Crippen LogP) is 4.63. The van der Waals surface area contributed by atoms with Crippen LogP contribution >= 0.6 is 0 Å². The highest BCUT2D eigenvalue weighted by molar-refractivity contribution is 5.24. The van der Waals surface area contributed by atoms with Crippen LogP contribution in [0, 0.1) is 6.92 Å². The van der Waals surface area contributed by atoms with Gasteiger partial charge in [0.25, 0.3) is 0 Å². The standard InChI is InChI=1S/C20H24O/c1-16-7-9-17(10-8-16)15-20(21)13-11-19(12-14-20)18-5-3-2-4-6-18/h2-10,19,21H,11-15H2,1H3. The van der Waals surface area contributed by atoms with Gasteiger partial charge in [-0.2, -0.15) is 0 Å². The molecule has 21 heavy (non-hydrogen) atoms. The Balaban J connectivity index is 1.62. The molecular formula is C20H24O. The summed E-state index contributed by atoms with van der Waals surface area (Å²) in [5, 5.41) is 10.9. The third-order valence-electron chi connectivity index (χ3n) is 4.84. The maximum atomic E-state index is 10.9. The summed E-state index contributed by atoms with van der Waals surface area (Å²) >= 11 is 0. The number of rotatable bonds is 3. The molecule has 0 amide bonds. The average Bonchev–Trinajstić information content (AvgIpc) is 2.51. The van der Waals surface area contributed by atoms with Gasteiger partial charge in [0.1, 0.15) is 0 Å². The van der Waals surface area contributed by atoms with Crippen molar-refractivity contribution in [2.24, 2.45) is 0 Å². The van der Waals surface area contributed by atoms with Crippen molar-refractivity contribution < 1.29 is 5.11 Å². The van der Waals surface area contributed by atoms with Crippen LogP contribution in [0.3, 0.4) is 0 Å². The van der Waals surface area contributed by atoms with Crippen LogP contribution in [0.15, 0.2) is 54.6 Å². The Bertz CT molecular complexity index is 563. The number of aryl methyl sites for hydroxylation is 1. The van der Waals surface area contributed by atoms with E-state index in [0.717, 1.165) is 32.1 Å². The van der Waals surface area contributed by atoms with E-state index in [1.54, 1.807) is 0 Å². The first kappa shape index (κ1) is 14.3. The van der Waals surface area contributed by atoms with Crippen molar-refractivity contribution in [3.8, 4) is 0 Å². The lowest BCUT2D eigenvalue weighted by Crippen LogP contribution is -2.35. The Kier molecular flexibility index (Phi) is 4.12. The molecule has 1 heteroatoms. The van der Waals surface area contributed by atoms with Gasteiger partial charge in [-0.25, -0.2) is 0 Å². The molecule has 2 aromatic rings. The van der Waals surface area contributed by atoms with Gasteiger partial charge in [0.15, 0.2) is 0 Å². The van der Waals surface area contributed by atoms with Gasteiger partial charge < -0.3 is 5.11 Å². The highest BCUT2D eigenvalue weighted by Gasteiger charge is 2.33. The lowest BCUT2D eigenvalue weighted by Gasteiger charge is -2.36. The van der Waals surface area contributed by atoms with Crippen LogP contribution < -0.4 is 0 Å². The summed E-state index contributed by atoms with van der Waals surface area (Å²) < 4.78 is 0. The van der Waals surface area contributed by atoms with Crippen LogP contribution in [0.5, 0.6) is 0 Å². The van der Waals surface area contributed by atoms with Crippen molar-refractivity contribution in [3.63, 3.8) is 0 Å². The van der Waals surface area contributed by atoms with Crippen molar-refractivity contribution >= 4 is 0 Å². The molecule has 0 aliphatic heterocycles. The molecule has 0 bridgehead atoms. The summed E-state index contributed by atoms with van der Waals surface area (Å²) in [6, 6.07) is 19.3. The molecule has 1 fully saturated rings. The Labute approximate surface area is 127 Å². The molecule has 0 unspecified atom stereocenters. The third kappa shape index (κ3) is 3.54. The Morgan fingerprint density at radius 1 is 0.952 bits per heavy atom. The lowest BCUT2D eigenvalue weighted by molar-refractivity contribution is -0.000458.